The van der Waals surface area contributed by atoms with Gasteiger partial charge in [0.1, 0.15) is 5.82 Å². The van der Waals surface area contributed by atoms with Gasteiger partial charge in [0, 0.05) is 5.56 Å². The number of benzene rings is 3. The molecule has 3 aromatic carbocycles. The van der Waals surface area contributed by atoms with Crippen molar-refractivity contribution in [3.05, 3.63) is 101 Å². The molecule has 1 unspecified atom stereocenters. The molecule has 3 aromatic rings. The van der Waals surface area contributed by atoms with E-state index in [1.807, 2.05) is 0 Å². The van der Waals surface area contributed by atoms with Crippen LogP contribution in [0.5, 0.6) is 5.75 Å². The number of thiol groups is 1. The van der Waals surface area contributed by atoms with Gasteiger partial charge in [-0.25, -0.2) is 17.6 Å². The average molecular weight is 500 g/mol. The molecule has 0 aliphatic heterocycles. The van der Waals surface area contributed by atoms with E-state index >= 15 is 0 Å². The lowest BCUT2D eigenvalue weighted by molar-refractivity contribution is -0.135. The van der Waals surface area contributed by atoms with Crippen molar-refractivity contribution in [2.45, 2.75) is 44.3 Å². The summed E-state index contributed by atoms with van der Waals surface area (Å²) in [4.78, 5) is 0. The van der Waals surface area contributed by atoms with Gasteiger partial charge in [0.05, 0.1) is 11.6 Å². The van der Waals surface area contributed by atoms with Crippen LogP contribution >= 0.6 is 12.8 Å². The third-order valence-corrected chi connectivity index (χ3v) is 5.72. The minimum atomic E-state index is -4.59. The van der Waals surface area contributed by atoms with Crippen LogP contribution in [0.3, 0.4) is 0 Å². The Bertz CT molecular complexity index is 1130. The zero-order valence-corrected chi connectivity index (χ0v) is 19.2. The molecule has 0 spiro atoms. The highest BCUT2D eigenvalue weighted by Crippen LogP contribution is 2.41. The van der Waals surface area contributed by atoms with Crippen LogP contribution < -0.4 is 9.46 Å². The number of hydrogen-bond acceptors (Lipinski definition) is 3. The predicted molar refractivity (Wildman–Crippen MR) is 122 cm³/mol. The monoisotopic (exact) mass is 499 g/mol. The van der Waals surface area contributed by atoms with Crippen LogP contribution in [0.4, 0.5) is 26.3 Å². The normalized spacial score (nSPS) is 13.9. The lowest BCUT2D eigenvalue weighted by atomic mass is 9.78. The summed E-state index contributed by atoms with van der Waals surface area (Å²) >= 11 is 4.19. The molecule has 0 bridgehead atoms. The van der Waals surface area contributed by atoms with Crippen LogP contribution in [-0.2, 0) is 17.9 Å². The lowest BCUT2D eigenvalue weighted by Crippen LogP contribution is -2.41. The Morgan fingerprint density at radius 2 is 1.53 bits per heavy atom. The van der Waals surface area contributed by atoms with E-state index in [2.05, 4.69) is 17.5 Å². The van der Waals surface area contributed by atoms with E-state index in [-0.39, 0.29) is 29.4 Å². The number of rotatable bonds is 9. The van der Waals surface area contributed by atoms with Crippen molar-refractivity contribution in [1.82, 2.24) is 4.72 Å². The predicted octanol–water partition coefficient (Wildman–Crippen LogP) is 7.03. The van der Waals surface area contributed by atoms with Gasteiger partial charge in [-0.2, -0.15) is 8.78 Å². The summed E-state index contributed by atoms with van der Waals surface area (Å²) in [5.41, 5.74) is -2.00. The fraction of sp³-hybridized carbons (Fsp3) is 0.280. The maximum atomic E-state index is 14.9. The Balaban J connectivity index is 2.25. The maximum Gasteiger partial charge on any atom is 0.332 e. The molecule has 1 atom stereocenters. The van der Waals surface area contributed by atoms with Crippen molar-refractivity contribution in [2.75, 3.05) is 0 Å². The first-order chi connectivity index (χ1) is 16.0. The number of ether oxygens (including phenoxy) is 1. The Kier molecular flexibility index (Phi) is 7.88. The summed E-state index contributed by atoms with van der Waals surface area (Å²) < 4.78 is 92.0. The highest BCUT2D eigenvalue weighted by Gasteiger charge is 2.44. The maximum absolute atomic E-state index is 14.9. The molecule has 0 fully saturated rings. The molecule has 1 N–H and O–H groups in total. The van der Waals surface area contributed by atoms with Gasteiger partial charge in [-0.15, -0.1) is 0 Å². The molecule has 9 heteroatoms. The molecule has 0 radical (unpaired) electrons. The van der Waals surface area contributed by atoms with Gasteiger partial charge in [0.2, 0.25) is 0 Å². The summed E-state index contributed by atoms with van der Waals surface area (Å²) in [7, 11) is 0. The van der Waals surface area contributed by atoms with E-state index in [0.717, 1.165) is 18.2 Å². The molecule has 0 amide bonds. The molecule has 182 valence electrons. The van der Waals surface area contributed by atoms with Gasteiger partial charge in [-0.1, -0.05) is 49.2 Å². The molecule has 0 aliphatic carbocycles. The third-order valence-electron chi connectivity index (χ3n) is 5.34. The minimum absolute atomic E-state index is 0.0182. The summed E-state index contributed by atoms with van der Waals surface area (Å²) in [5, 5.41) is 0. The molecule has 34 heavy (non-hydrogen) atoms. The molecular weight excluding hydrogens is 476 g/mol. The first kappa shape index (κ1) is 26.0. The van der Waals surface area contributed by atoms with Crippen molar-refractivity contribution in [2.24, 2.45) is 0 Å². The van der Waals surface area contributed by atoms with Gasteiger partial charge < -0.3 is 4.74 Å². The molecule has 3 rings (SSSR count). The second-order valence-electron chi connectivity index (χ2n) is 8.14. The third kappa shape index (κ3) is 5.36. The van der Waals surface area contributed by atoms with Gasteiger partial charge in [0.25, 0.3) is 0 Å². The van der Waals surface area contributed by atoms with Crippen LogP contribution in [0.25, 0.3) is 0 Å². The van der Waals surface area contributed by atoms with E-state index in [9.17, 15) is 26.3 Å². The van der Waals surface area contributed by atoms with Gasteiger partial charge in [-0.3, -0.25) is 4.72 Å². The summed E-state index contributed by atoms with van der Waals surface area (Å²) in [6, 6.07) is 14.8. The number of hydrogen-bond donors (Lipinski definition) is 2. The molecule has 2 nitrogen and oxygen atoms in total. The largest absolute Gasteiger partial charge is 0.488 e. The highest BCUT2D eigenvalue weighted by atomic mass is 32.1. The first-order valence-corrected chi connectivity index (χ1v) is 10.8. The van der Waals surface area contributed by atoms with Crippen LogP contribution in [0, 0.1) is 11.6 Å². The fourth-order valence-corrected chi connectivity index (χ4v) is 4.05. The first-order valence-electron chi connectivity index (χ1n) is 10.4. The Morgan fingerprint density at radius 1 is 0.882 bits per heavy atom. The lowest BCUT2D eigenvalue weighted by Gasteiger charge is -2.35. The standard InChI is InChI=1S/C25H23F6NOS/c1-15(2)33-22-9-8-17(13-21(22)27)24(32-34,14-16-6-4-3-5-7-16)18-10-19(12-20(26)11-18)25(30,31)23(28)29/h3-13,15,23,32,34H,14H2,1-2H3. The van der Waals surface area contributed by atoms with Crippen molar-refractivity contribution in [3.8, 4) is 5.75 Å². The second-order valence-corrected chi connectivity index (χ2v) is 8.37. The van der Waals surface area contributed by atoms with E-state index in [1.165, 1.54) is 12.1 Å². The van der Waals surface area contributed by atoms with Crippen molar-refractivity contribution < 1.29 is 31.1 Å². The second kappa shape index (κ2) is 10.3. The fourth-order valence-electron chi connectivity index (χ4n) is 3.71. The molecule has 0 aromatic heterocycles. The van der Waals surface area contributed by atoms with E-state index < -0.39 is 35.1 Å². The zero-order valence-electron chi connectivity index (χ0n) is 18.3. The SMILES string of the molecule is CC(C)Oc1ccc(C(Cc2ccccc2)(NS)c2cc(F)cc(C(F)(F)C(F)F)c2)cc1F. The summed E-state index contributed by atoms with van der Waals surface area (Å²) in [5.74, 6) is -6.50. The molecular formula is C25H23F6NOS. The van der Waals surface area contributed by atoms with Gasteiger partial charge in [0.15, 0.2) is 11.6 Å². The molecule has 0 saturated carbocycles. The summed E-state index contributed by atoms with van der Waals surface area (Å²) in [6.45, 7) is 3.44. The highest BCUT2D eigenvalue weighted by molar-refractivity contribution is 7.78. The molecule has 0 aliphatic rings. The Morgan fingerprint density at radius 3 is 2.09 bits per heavy atom. The van der Waals surface area contributed by atoms with Crippen LogP contribution in [-0.4, -0.2) is 12.5 Å². The minimum Gasteiger partial charge on any atom is -0.488 e. The van der Waals surface area contributed by atoms with Crippen LogP contribution in [0.15, 0.2) is 66.7 Å². The number of halogens is 6. The van der Waals surface area contributed by atoms with Crippen molar-refractivity contribution in [1.29, 1.82) is 0 Å². The number of nitrogens with one attached hydrogen (secondary N) is 1. The van der Waals surface area contributed by atoms with Crippen LogP contribution in [0.1, 0.15) is 36.1 Å². The van der Waals surface area contributed by atoms with E-state index in [0.29, 0.717) is 11.6 Å². The van der Waals surface area contributed by atoms with Crippen LogP contribution in [0.2, 0.25) is 0 Å². The van der Waals surface area contributed by atoms with E-state index in [4.69, 9.17) is 4.74 Å². The van der Waals surface area contributed by atoms with E-state index in [1.54, 1.807) is 44.2 Å². The zero-order chi connectivity index (χ0) is 25.1. The smallest absolute Gasteiger partial charge is 0.332 e. The Labute approximate surface area is 199 Å². The van der Waals surface area contributed by atoms with Gasteiger partial charge in [-0.05, 0) is 67.3 Å². The number of alkyl halides is 4. The topological polar surface area (TPSA) is 21.3 Å². The molecule has 0 saturated heterocycles. The quantitative estimate of drug-likeness (QED) is 0.244. The summed E-state index contributed by atoms with van der Waals surface area (Å²) in [6.07, 6.45) is -4.33. The van der Waals surface area contributed by atoms with Gasteiger partial charge >= 0.3 is 12.3 Å². The molecule has 0 heterocycles. The average Bonchev–Trinajstić information content (AvgIpc) is 2.78. The Hall–Kier alpha value is -2.65. The van der Waals surface area contributed by atoms with Crippen molar-refractivity contribution in [3.63, 3.8) is 0 Å². The van der Waals surface area contributed by atoms with Crippen molar-refractivity contribution >= 4 is 12.8 Å².